The lowest BCUT2D eigenvalue weighted by Crippen LogP contribution is -2.10. The number of aromatic nitrogens is 1. The van der Waals surface area contributed by atoms with E-state index >= 15 is 0 Å². The normalized spacial score (nSPS) is 13.1. The zero-order chi connectivity index (χ0) is 14.7. The van der Waals surface area contributed by atoms with Crippen molar-refractivity contribution in [2.75, 3.05) is 18.6 Å². The van der Waals surface area contributed by atoms with Gasteiger partial charge in [0.1, 0.15) is 6.07 Å². The van der Waals surface area contributed by atoms with Gasteiger partial charge in [-0.15, -0.1) is 0 Å². The Hall–Kier alpha value is -2.78. The van der Waals surface area contributed by atoms with Crippen molar-refractivity contribution in [2.45, 2.75) is 6.42 Å². The van der Waals surface area contributed by atoms with Crippen LogP contribution in [0.4, 0.5) is 5.82 Å². The van der Waals surface area contributed by atoms with Crippen molar-refractivity contribution >= 4 is 5.82 Å². The van der Waals surface area contributed by atoms with E-state index in [2.05, 4.69) is 10.4 Å². The van der Waals surface area contributed by atoms with Gasteiger partial charge in [0.2, 0.25) is 0 Å². The molecule has 1 aromatic heterocycles. The van der Waals surface area contributed by atoms with E-state index in [1.54, 1.807) is 12.1 Å². The minimum atomic E-state index is 0.349. The quantitative estimate of drug-likeness (QED) is 0.647. The zero-order valence-corrected chi connectivity index (χ0v) is 11.3. The number of nitriles is 1. The van der Waals surface area contributed by atoms with Crippen LogP contribution in [0.5, 0.6) is 11.5 Å². The third-order valence-corrected chi connectivity index (χ3v) is 3.20. The monoisotopic (exact) mass is 282 g/mol. The Labute approximate surface area is 122 Å². The number of rotatable bonds is 2. The van der Waals surface area contributed by atoms with E-state index in [1.165, 1.54) is 0 Å². The number of ether oxygens (including phenoxy) is 2. The molecule has 2 aromatic rings. The molecule has 2 heterocycles. The molecule has 6 nitrogen and oxygen atoms in total. The third-order valence-electron chi connectivity index (χ3n) is 3.20. The van der Waals surface area contributed by atoms with Gasteiger partial charge in [-0.25, -0.2) is 10.8 Å². The number of nitrogens with zero attached hydrogens (tertiary/aromatic N) is 2. The fourth-order valence-corrected chi connectivity index (χ4v) is 2.14. The Morgan fingerprint density at radius 3 is 2.71 bits per heavy atom. The molecule has 3 N–H and O–H groups in total. The van der Waals surface area contributed by atoms with E-state index in [-0.39, 0.29) is 0 Å². The molecule has 3 rings (SSSR count). The van der Waals surface area contributed by atoms with Gasteiger partial charge < -0.3 is 14.9 Å². The van der Waals surface area contributed by atoms with Crippen molar-refractivity contribution in [3.05, 3.63) is 35.9 Å². The number of nitrogen functional groups attached to an aromatic ring is 1. The zero-order valence-electron chi connectivity index (χ0n) is 11.3. The lowest BCUT2D eigenvalue weighted by atomic mass is 10.1. The van der Waals surface area contributed by atoms with Crippen molar-refractivity contribution < 1.29 is 9.47 Å². The molecule has 0 amide bonds. The van der Waals surface area contributed by atoms with E-state index in [4.69, 9.17) is 20.6 Å². The molecule has 0 fully saturated rings. The minimum absolute atomic E-state index is 0.349. The summed E-state index contributed by atoms with van der Waals surface area (Å²) in [6.07, 6.45) is 0.861. The fraction of sp³-hybridized carbons (Fsp3) is 0.200. The molecule has 0 unspecified atom stereocenters. The van der Waals surface area contributed by atoms with Gasteiger partial charge in [-0.3, -0.25) is 0 Å². The molecule has 0 bridgehead atoms. The molecule has 0 saturated carbocycles. The molecule has 0 spiro atoms. The van der Waals surface area contributed by atoms with Gasteiger partial charge >= 0.3 is 0 Å². The number of anilines is 1. The van der Waals surface area contributed by atoms with Crippen molar-refractivity contribution in [3.8, 4) is 28.8 Å². The Kier molecular flexibility index (Phi) is 3.58. The predicted molar refractivity (Wildman–Crippen MR) is 77.8 cm³/mol. The summed E-state index contributed by atoms with van der Waals surface area (Å²) in [5.41, 5.74) is 4.42. The maximum absolute atomic E-state index is 8.98. The molecule has 21 heavy (non-hydrogen) atoms. The topological polar surface area (TPSA) is 93.2 Å². The maximum Gasteiger partial charge on any atom is 0.161 e. The number of hydrazine groups is 1. The Morgan fingerprint density at radius 1 is 1.14 bits per heavy atom. The van der Waals surface area contributed by atoms with Gasteiger partial charge in [0.15, 0.2) is 17.3 Å². The van der Waals surface area contributed by atoms with Gasteiger partial charge in [-0.1, -0.05) is 0 Å². The van der Waals surface area contributed by atoms with Gasteiger partial charge in [0.05, 0.1) is 24.5 Å². The van der Waals surface area contributed by atoms with Crippen LogP contribution in [0.15, 0.2) is 30.3 Å². The van der Waals surface area contributed by atoms with E-state index in [9.17, 15) is 0 Å². The van der Waals surface area contributed by atoms with Gasteiger partial charge in [-0.05, 0) is 30.3 Å². The molecule has 0 aliphatic carbocycles. The second kappa shape index (κ2) is 5.69. The van der Waals surface area contributed by atoms with E-state index in [0.717, 1.165) is 17.7 Å². The SMILES string of the molecule is N#Cc1ccc(-c2ccc3c(c2)OCCCO3)nc1NN. The Bertz CT molecular complexity index is 709. The highest BCUT2D eigenvalue weighted by Crippen LogP contribution is 2.34. The van der Waals surface area contributed by atoms with E-state index < -0.39 is 0 Å². The van der Waals surface area contributed by atoms with Crippen molar-refractivity contribution in [2.24, 2.45) is 5.84 Å². The lowest BCUT2D eigenvalue weighted by molar-refractivity contribution is 0.297. The molecule has 6 heteroatoms. The Morgan fingerprint density at radius 2 is 1.95 bits per heavy atom. The first-order valence-electron chi connectivity index (χ1n) is 6.59. The maximum atomic E-state index is 8.98. The smallest absolute Gasteiger partial charge is 0.161 e. The summed E-state index contributed by atoms with van der Waals surface area (Å²) in [7, 11) is 0. The van der Waals surface area contributed by atoms with Crippen LogP contribution in [0.3, 0.4) is 0 Å². The summed E-state index contributed by atoms with van der Waals surface area (Å²) < 4.78 is 11.3. The standard InChI is InChI=1S/C15H14N4O2/c16-9-11-2-4-12(18-15(11)19-17)10-3-5-13-14(8-10)21-7-1-6-20-13/h2-5,8H,1,6-7,17H2,(H,18,19). The molecule has 1 aromatic carbocycles. The summed E-state index contributed by atoms with van der Waals surface area (Å²) >= 11 is 0. The minimum Gasteiger partial charge on any atom is -0.490 e. The molecule has 0 saturated heterocycles. The van der Waals surface area contributed by atoms with Crippen LogP contribution in [0.1, 0.15) is 12.0 Å². The van der Waals surface area contributed by atoms with Gasteiger partial charge in [0.25, 0.3) is 0 Å². The average molecular weight is 282 g/mol. The number of hydrogen-bond acceptors (Lipinski definition) is 6. The first-order valence-corrected chi connectivity index (χ1v) is 6.59. The van der Waals surface area contributed by atoms with Crippen molar-refractivity contribution in [1.82, 2.24) is 4.98 Å². The number of nitrogens with one attached hydrogen (secondary N) is 1. The first kappa shape index (κ1) is 13.2. The summed E-state index contributed by atoms with van der Waals surface area (Å²) in [5.74, 6) is 7.19. The second-order valence-corrected chi connectivity index (χ2v) is 4.56. The number of pyridine rings is 1. The van der Waals surface area contributed by atoms with Crippen LogP contribution in [-0.2, 0) is 0 Å². The number of fused-ring (bicyclic) bond motifs is 1. The highest BCUT2D eigenvalue weighted by atomic mass is 16.5. The molecule has 1 aliphatic rings. The number of nitrogens with two attached hydrogens (primary N) is 1. The van der Waals surface area contributed by atoms with Crippen LogP contribution in [0, 0.1) is 11.3 Å². The lowest BCUT2D eigenvalue weighted by Gasteiger charge is -2.10. The van der Waals surface area contributed by atoms with Crippen molar-refractivity contribution in [3.63, 3.8) is 0 Å². The highest BCUT2D eigenvalue weighted by Gasteiger charge is 2.13. The van der Waals surface area contributed by atoms with Crippen LogP contribution < -0.4 is 20.7 Å². The third kappa shape index (κ3) is 2.59. The summed E-state index contributed by atoms with van der Waals surface area (Å²) in [5, 5.41) is 8.98. The summed E-state index contributed by atoms with van der Waals surface area (Å²) in [6.45, 7) is 1.29. The predicted octanol–water partition coefficient (Wildman–Crippen LogP) is 2.07. The number of hydrogen-bond donors (Lipinski definition) is 2. The average Bonchev–Trinajstić information content (AvgIpc) is 2.78. The highest BCUT2D eigenvalue weighted by molar-refractivity contribution is 5.67. The van der Waals surface area contributed by atoms with Crippen LogP contribution in [0.2, 0.25) is 0 Å². The first-order chi connectivity index (χ1) is 10.3. The molecule has 0 atom stereocenters. The second-order valence-electron chi connectivity index (χ2n) is 4.56. The van der Waals surface area contributed by atoms with Gasteiger partial charge in [0, 0.05) is 12.0 Å². The summed E-state index contributed by atoms with van der Waals surface area (Å²) in [4.78, 5) is 4.35. The van der Waals surface area contributed by atoms with Crippen LogP contribution in [-0.4, -0.2) is 18.2 Å². The van der Waals surface area contributed by atoms with Crippen LogP contribution in [0.25, 0.3) is 11.3 Å². The summed E-state index contributed by atoms with van der Waals surface area (Å²) in [6, 6.07) is 11.1. The molecular formula is C15H14N4O2. The number of benzene rings is 1. The van der Waals surface area contributed by atoms with Crippen LogP contribution >= 0.6 is 0 Å². The van der Waals surface area contributed by atoms with E-state index in [1.807, 2.05) is 24.3 Å². The Balaban J connectivity index is 2.01. The molecule has 106 valence electrons. The van der Waals surface area contributed by atoms with Crippen molar-refractivity contribution in [1.29, 1.82) is 5.26 Å². The molecule has 0 radical (unpaired) electrons. The molecular weight excluding hydrogens is 268 g/mol. The fourth-order valence-electron chi connectivity index (χ4n) is 2.14. The largest absolute Gasteiger partial charge is 0.490 e. The molecule has 1 aliphatic heterocycles. The van der Waals surface area contributed by atoms with E-state index in [0.29, 0.717) is 36.0 Å². The van der Waals surface area contributed by atoms with Gasteiger partial charge in [-0.2, -0.15) is 5.26 Å².